The summed E-state index contributed by atoms with van der Waals surface area (Å²) in [7, 11) is 1.58. The van der Waals surface area contributed by atoms with E-state index in [0.717, 1.165) is 5.56 Å². The lowest BCUT2D eigenvalue weighted by molar-refractivity contribution is 0.255. The number of aliphatic hydroxyl groups is 1. The molecule has 4 nitrogen and oxygen atoms in total. The lowest BCUT2D eigenvalue weighted by atomic mass is 10.2. The van der Waals surface area contributed by atoms with Crippen LogP contribution in [0.5, 0.6) is 0 Å². The largest absolute Gasteiger partial charge is 0.392 e. The van der Waals surface area contributed by atoms with E-state index >= 15 is 0 Å². The first-order valence-corrected chi connectivity index (χ1v) is 3.88. The molecule has 70 valence electrons. The minimum atomic E-state index is -0.518. The Morgan fingerprint density at radius 3 is 2.85 bits per heavy atom. The zero-order valence-corrected chi connectivity index (χ0v) is 7.40. The number of hydrogen-bond donors (Lipinski definition) is 2. The predicted octanol–water partition coefficient (Wildman–Crippen LogP) is 0.694. The van der Waals surface area contributed by atoms with Crippen LogP contribution in [0.2, 0.25) is 0 Å². The van der Waals surface area contributed by atoms with Crippen LogP contribution in [0.4, 0.5) is 10.5 Å². The van der Waals surface area contributed by atoms with Crippen molar-refractivity contribution < 1.29 is 9.90 Å². The van der Waals surface area contributed by atoms with Gasteiger partial charge < -0.3 is 10.8 Å². The minimum Gasteiger partial charge on any atom is -0.392 e. The molecular formula is C9H12N2O2. The molecule has 0 aliphatic carbocycles. The maximum atomic E-state index is 10.8. The molecule has 0 aromatic heterocycles. The SMILES string of the molecule is CN(C(N)=O)c1cccc(CO)c1. The molecule has 0 spiro atoms. The number of urea groups is 1. The van der Waals surface area contributed by atoms with Gasteiger partial charge in [0.05, 0.1) is 6.61 Å². The van der Waals surface area contributed by atoms with Crippen molar-refractivity contribution in [3.05, 3.63) is 29.8 Å². The summed E-state index contributed by atoms with van der Waals surface area (Å²) in [5.41, 5.74) is 6.52. The highest BCUT2D eigenvalue weighted by atomic mass is 16.3. The zero-order chi connectivity index (χ0) is 9.84. The number of rotatable bonds is 2. The van der Waals surface area contributed by atoms with Crippen molar-refractivity contribution in [2.75, 3.05) is 11.9 Å². The Balaban J connectivity index is 2.94. The summed E-state index contributed by atoms with van der Waals surface area (Å²) in [4.78, 5) is 12.1. The summed E-state index contributed by atoms with van der Waals surface area (Å²) >= 11 is 0. The molecule has 3 N–H and O–H groups in total. The fourth-order valence-electron chi connectivity index (χ4n) is 0.991. The zero-order valence-electron chi connectivity index (χ0n) is 7.40. The standard InChI is InChI=1S/C9H12N2O2/c1-11(9(10)13)8-4-2-3-7(5-8)6-12/h2-5,12H,6H2,1H3,(H2,10,13). The van der Waals surface area contributed by atoms with Crippen LogP contribution in [0.1, 0.15) is 5.56 Å². The molecule has 0 saturated carbocycles. The summed E-state index contributed by atoms with van der Waals surface area (Å²) in [6, 6.07) is 6.49. The highest BCUT2D eigenvalue weighted by molar-refractivity contribution is 5.90. The van der Waals surface area contributed by atoms with E-state index in [9.17, 15) is 4.79 Å². The molecule has 4 heteroatoms. The molecular weight excluding hydrogens is 168 g/mol. The number of aliphatic hydroxyl groups excluding tert-OH is 1. The Kier molecular flexibility index (Phi) is 2.87. The van der Waals surface area contributed by atoms with Crippen LogP contribution in [0.25, 0.3) is 0 Å². The van der Waals surface area contributed by atoms with Crippen LogP contribution in [-0.2, 0) is 6.61 Å². The molecule has 0 aliphatic rings. The molecule has 2 amide bonds. The minimum absolute atomic E-state index is 0.0412. The van der Waals surface area contributed by atoms with Gasteiger partial charge in [0.1, 0.15) is 0 Å². The average molecular weight is 180 g/mol. The van der Waals surface area contributed by atoms with Crippen molar-refractivity contribution in [2.45, 2.75) is 6.61 Å². The van der Waals surface area contributed by atoms with Gasteiger partial charge in [-0.2, -0.15) is 0 Å². The van der Waals surface area contributed by atoms with E-state index in [1.54, 1.807) is 31.3 Å². The first-order valence-electron chi connectivity index (χ1n) is 3.88. The van der Waals surface area contributed by atoms with Gasteiger partial charge in [-0.15, -0.1) is 0 Å². The second-order valence-electron chi connectivity index (χ2n) is 2.73. The van der Waals surface area contributed by atoms with E-state index in [4.69, 9.17) is 10.8 Å². The molecule has 0 heterocycles. The van der Waals surface area contributed by atoms with Gasteiger partial charge in [-0.1, -0.05) is 12.1 Å². The third-order valence-corrected chi connectivity index (χ3v) is 1.81. The van der Waals surface area contributed by atoms with Crippen LogP contribution < -0.4 is 10.6 Å². The van der Waals surface area contributed by atoms with Gasteiger partial charge in [0.2, 0.25) is 0 Å². The van der Waals surface area contributed by atoms with Gasteiger partial charge in [-0.25, -0.2) is 4.79 Å². The van der Waals surface area contributed by atoms with Gasteiger partial charge in [0, 0.05) is 12.7 Å². The Morgan fingerprint density at radius 2 is 2.31 bits per heavy atom. The molecule has 0 unspecified atom stereocenters. The molecule has 0 atom stereocenters. The fourth-order valence-corrected chi connectivity index (χ4v) is 0.991. The van der Waals surface area contributed by atoms with Crippen molar-refractivity contribution >= 4 is 11.7 Å². The van der Waals surface area contributed by atoms with Gasteiger partial charge >= 0.3 is 6.03 Å². The maximum Gasteiger partial charge on any atom is 0.318 e. The normalized spacial score (nSPS) is 9.69. The monoisotopic (exact) mass is 180 g/mol. The van der Waals surface area contributed by atoms with Crippen molar-refractivity contribution in [2.24, 2.45) is 5.73 Å². The van der Waals surface area contributed by atoms with Crippen molar-refractivity contribution in [3.63, 3.8) is 0 Å². The van der Waals surface area contributed by atoms with E-state index in [2.05, 4.69) is 0 Å². The Bertz CT molecular complexity index is 312. The number of nitrogens with zero attached hydrogens (tertiary/aromatic N) is 1. The molecule has 0 fully saturated rings. The summed E-state index contributed by atoms with van der Waals surface area (Å²) in [5.74, 6) is 0. The maximum absolute atomic E-state index is 10.8. The molecule has 0 radical (unpaired) electrons. The highest BCUT2D eigenvalue weighted by Gasteiger charge is 2.05. The van der Waals surface area contributed by atoms with Crippen LogP contribution in [0, 0.1) is 0 Å². The highest BCUT2D eigenvalue weighted by Crippen LogP contribution is 2.14. The van der Waals surface area contributed by atoms with Crippen LogP contribution in [-0.4, -0.2) is 18.2 Å². The molecule has 0 bridgehead atoms. The first kappa shape index (κ1) is 9.54. The molecule has 0 aliphatic heterocycles. The summed E-state index contributed by atoms with van der Waals surface area (Å²) in [5, 5.41) is 8.85. The smallest absolute Gasteiger partial charge is 0.318 e. The third-order valence-electron chi connectivity index (χ3n) is 1.81. The number of carbonyl (C=O) groups is 1. The quantitative estimate of drug-likeness (QED) is 0.703. The van der Waals surface area contributed by atoms with Crippen molar-refractivity contribution in [3.8, 4) is 0 Å². The number of carbonyl (C=O) groups excluding carboxylic acids is 1. The second kappa shape index (κ2) is 3.91. The van der Waals surface area contributed by atoms with Gasteiger partial charge in [-0.05, 0) is 17.7 Å². The van der Waals surface area contributed by atoms with Gasteiger partial charge in [-0.3, -0.25) is 4.90 Å². The third kappa shape index (κ3) is 2.19. The fraction of sp³-hybridized carbons (Fsp3) is 0.222. The lowest BCUT2D eigenvalue weighted by Gasteiger charge is -2.14. The molecule has 1 aromatic carbocycles. The lowest BCUT2D eigenvalue weighted by Crippen LogP contribution is -2.31. The van der Waals surface area contributed by atoms with E-state index in [-0.39, 0.29) is 6.61 Å². The number of anilines is 1. The number of primary amides is 1. The molecule has 1 aromatic rings. The van der Waals surface area contributed by atoms with Gasteiger partial charge in [0.25, 0.3) is 0 Å². The van der Waals surface area contributed by atoms with Crippen molar-refractivity contribution in [1.82, 2.24) is 0 Å². The van der Waals surface area contributed by atoms with Gasteiger partial charge in [0.15, 0.2) is 0 Å². The van der Waals surface area contributed by atoms with E-state index in [0.29, 0.717) is 5.69 Å². The first-order chi connectivity index (χ1) is 6.15. The topological polar surface area (TPSA) is 66.6 Å². The van der Waals surface area contributed by atoms with Crippen LogP contribution >= 0.6 is 0 Å². The Morgan fingerprint density at radius 1 is 1.62 bits per heavy atom. The van der Waals surface area contributed by atoms with Crippen LogP contribution in [0.15, 0.2) is 24.3 Å². The molecule has 1 rings (SSSR count). The Labute approximate surface area is 76.6 Å². The van der Waals surface area contributed by atoms with E-state index in [1.165, 1.54) is 4.90 Å². The summed E-state index contributed by atoms with van der Waals surface area (Å²) in [6.07, 6.45) is 0. The predicted molar refractivity (Wildman–Crippen MR) is 50.4 cm³/mol. The average Bonchev–Trinajstić information content (AvgIpc) is 2.16. The van der Waals surface area contributed by atoms with Crippen LogP contribution in [0.3, 0.4) is 0 Å². The number of nitrogens with two attached hydrogens (primary N) is 1. The number of benzene rings is 1. The second-order valence-corrected chi connectivity index (χ2v) is 2.73. The molecule has 0 saturated heterocycles. The Hall–Kier alpha value is -1.55. The summed E-state index contributed by atoms with van der Waals surface area (Å²) < 4.78 is 0. The summed E-state index contributed by atoms with van der Waals surface area (Å²) in [6.45, 7) is -0.0412. The number of hydrogen-bond acceptors (Lipinski definition) is 2. The van der Waals surface area contributed by atoms with E-state index < -0.39 is 6.03 Å². The van der Waals surface area contributed by atoms with Crippen molar-refractivity contribution in [1.29, 1.82) is 0 Å². The number of amides is 2. The molecule has 13 heavy (non-hydrogen) atoms. The van der Waals surface area contributed by atoms with E-state index in [1.807, 2.05) is 0 Å².